The maximum absolute atomic E-state index is 12.9. The minimum atomic E-state index is -0.889. The smallest absolute Gasteiger partial charge is 0.306 e. The lowest BCUT2D eigenvalue weighted by Crippen LogP contribution is -2.20. The predicted molar refractivity (Wildman–Crippen MR) is 124 cm³/mol. The van der Waals surface area contributed by atoms with Gasteiger partial charge in [-0.15, -0.1) is 0 Å². The van der Waals surface area contributed by atoms with Crippen molar-refractivity contribution in [2.45, 2.75) is 85.6 Å². The summed E-state index contributed by atoms with van der Waals surface area (Å²) < 4.78 is 2.36. The van der Waals surface area contributed by atoms with Crippen LogP contribution in [0.4, 0.5) is 0 Å². The monoisotopic (exact) mass is 426 g/mol. The average Bonchev–Trinajstić information content (AvgIpc) is 3.35. The molecule has 0 amide bonds. The standard InChI is InChI=1S/C26H38N2O3/c1-5-18(4)16-28-23-11-10-20(24(29)15-21(26(30)31)12-17(2)3)14-22(23)27-25(28)13-19-8-6-7-9-19/h10-11,14,17-19,21H,5-9,12-13,15-16H2,1-4H3,(H,30,31)/t18?,21-/m1/s1. The molecule has 2 aromatic rings. The first-order chi connectivity index (χ1) is 14.8. The molecule has 0 bridgehead atoms. The van der Waals surface area contributed by atoms with Crippen LogP contribution >= 0.6 is 0 Å². The molecule has 31 heavy (non-hydrogen) atoms. The average molecular weight is 427 g/mol. The number of hydrogen-bond acceptors (Lipinski definition) is 3. The van der Waals surface area contributed by atoms with E-state index in [2.05, 4.69) is 18.4 Å². The second kappa shape index (κ2) is 10.4. The fraction of sp³-hybridized carbons (Fsp3) is 0.654. The first kappa shape index (κ1) is 23.5. The number of hydrogen-bond donors (Lipinski definition) is 1. The molecule has 1 aliphatic carbocycles. The molecule has 5 heteroatoms. The molecular formula is C26H38N2O3. The van der Waals surface area contributed by atoms with Gasteiger partial charge >= 0.3 is 5.97 Å². The number of Topliss-reactive ketones (excluding diaryl/α,β-unsaturated/α-hetero) is 1. The highest BCUT2D eigenvalue weighted by atomic mass is 16.4. The third-order valence-electron chi connectivity index (χ3n) is 6.82. The molecule has 2 atom stereocenters. The molecule has 170 valence electrons. The number of ketones is 1. The minimum absolute atomic E-state index is 0.0432. The fourth-order valence-electron chi connectivity index (χ4n) is 4.81. The minimum Gasteiger partial charge on any atom is -0.481 e. The van der Waals surface area contributed by atoms with E-state index in [9.17, 15) is 14.7 Å². The zero-order valence-electron chi connectivity index (χ0n) is 19.6. The van der Waals surface area contributed by atoms with Crippen molar-refractivity contribution in [2.75, 3.05) is 0 Å². The Morgan fingerprint density at radius 2 is 1.90 bits per heavy atom. The maximum Gasteiger partial charge on any atom is 0.306 e. The number of imidazole rings is 1. The molecular weight excluding hydrogens is 388 g/mol. The van der Waals surface area contributed by atoms with Crippen molar-refractivity contribution >= 4 is 22.8 Å². The Labute approximate surface area is 186 Å². The van der Waals surface area contributed by atoms with E-state index in [0.717, 1.165) is 36.2 Å². The lowest BCUT2D eigenvalue weighted by Gasteiger charge is -2.16. The third kappa shape index (κ3) is 5.96. The Morgan fingerprint density at radius 1 is 1.19 bits per heavy atom. The van der Waals surface area contributed by atoms with Crippen LogP contribution in [0.1, 0.15) is 88.8 Å². The van der Waals surface area contributed by atoms with Crippen LogP contribution in [-0.2, 0) is 17.8 Å². The van der Waals surface area contributed by atoms with E-state index in [1.165, 1.54) is 25.7 Å². The second-order valence-corrected chi connectivity index (χ2v) is 10.0. The van der Waals surface area contributed by atoms with E-state index in [-0.39, 0.29) is 18.1 Å². The van der Waals surface area contributed by atoms with Crippen molar-refractivity contribution < 1.29 is 14.7 Å². The summed E-state index contributed by atoms with van der Waals surface area (Å²) in [5.41, 5.74) is 2.52. The zero-order valence-corrected chi connectivity index (χ0v) is 19.6. The van der Waals surface area contributed by atoms with Crippen LogP contribution in [0.5, 0.6) is 0 Å². The van der Waals surface area contributed by atoms with Crippen LogP contribution in [-0.4, -0.2) is 26.4 Å². The molecule has 1 N–H and O–H groups in total. The lowest BCUT2D eigenvalue weighted by molar-refractivity contribution is -0.142. The SMILES string of the molecule is CCC(C)Cn1c(CC2CCCC2)nc2cc(C(=O)C[C@@H](CC(C)C)C(=O)O)ccc21. The van der Waals surface area contributed by atoms with Gasteiger partial charge in [0.2, 0.25) is 0 Å². The van der Waals surface area contributed by atoms with E-state index in [1.807, 2.05) is 32.0 Å². The van der Waals surface area contributed by atoms with Crippen LogP contribution in [0.2, 0.25) is 0 Å². The van der Waals surface area contributed by atoms with Crippen LogP contribution in [0.25, 0.3) is 11.0 Å². The van der Waals surface area contributed by atoms with Crippen LogP contribution in [0, 0.1) is 23.7 Å². The number of carbonyl (C=O) groups excluding carboxylic acids is 1. The van der Waals surface area contributed by atoms with Gasteiger partial charge in [-0.05, 0) is 42.4 Å². The molecule has 1 heterocycles. The van der Waals surface area contributed by atoms with Crippen molar-refractivity contribution in [3.8, 4) is 0 Å². The van der Waals surface area contributed by atoms with Crippen molar-refractivity contribution in [1.82, 2.24) is 9.55 Å². The van der Waals surface area contributed by atoms with Gasteiger partial charge in [-0.2, -0.15) is 0 Å². The van der Waals surface area contributed by atoms with E-state index < -0.39 is 11.9 Å². The highest BCUT2D eigenvalue weighted by Crippen LogP contribution is 2.30. The first-order valence-corrected chi connectivity index (χ1v) is 12.0. The Hall–Kier alpha value is -2.17. The van der Waals surface area contributed by atoms with Gasteiger partial charge in [-0.1, -0.05) is 59.8 Å². The van der Waals surface area contributed by atoms with E-state index >= 15 is 0 Å². The molecule has 1 aromatic carbocycles. The van der Waals surface area contributed by atoms with E-state index in [1.54, 1.807) is 0 Å². The number of carbonyl (C=O) groups is 2. The molecule has 0 spiro atoms. The molecule has 0 radical (unpaired) electrons. The molecule has 1 unspecified atom stereocenters. The number of nitrogens with zero attached hydrogens (tertiary/aromatic N) is 2. The van der Waals surface area contributed by atoms with Gasteiger partial charge in [0, 0.05) is 24.9 Å². The summed E-state index contributed by atoms with van der Waals surface area (Å²) in [6.07, 6.45) is 7.87. The molecule has 1 saturated carbocycles. The van der Waals surface area contributed by atoms with E-state index in [0.29, 0.717) is 23.8 Å². The van der Waals surface area contributed by atoms with Gasteiger partial charge in [0.1, 0.15) is 5.82 Å². The largest absolute Gasteiger partial charge is 0.481 e. The number of carboxylic acids is 1. The fourth-order valence-corrected chi connectivity index (χ4v) is 4.81. The Balaban J connectivity index is 1.88. The quantitative estimate of drug-likeness (QED) is 0.438. The summed E-state index contributed by atoms with van der Waals surface area (Å²) in [7, 11) is 0. The van der Waals surface area contributed by atoms with Crippen molar-refractivity contribution in [3.05, 3.63) is 29.6 Å². The summed E-state index contributed by atoms with van der Waals surface area (Å²) in [6.45, 7) is 9.40. The van der Waals surface area contributed by atoms with Crippen molar-refractivity contribution in [3.63, 3.8) is 0 Å². The topological polar surface area (TPSA) is 72.2 Å². The van der Waals surface area contributed by atoms with Gasteiger partial charge in [0.15, 0.2) is 5.78 Å². The molecule has 0 saturated heterocycles. The van der Waals surface area contributed by atoms with Crippen molar-refractivity contribution in [2.24, 2.45) is 23.7 Å². The van der Waals surface area contributed by atoms with Crippen LogP contribution < -0.4 is 0 Å². The number of carboxylic acid groups (broad SMARTS) is 1. The number of fused-ring (bicyclic) bond motifs is 1. The van der Waals surface area contributed by atoms with Gasteiger partial charge in [-0.25, -0.2) is 4.98 Å². The van der Waals surface area contributed by atoms with Crippen LogP contribution in [0.3, 0.4) is 0 Å². The summed E-state index contributed by atoms with van der Waals surface area (Å²) in [4.78, 5) is 29.4. The van der Waals surface area contributed by atoms with Crippen LogP contribution in [0.15, 0.2) is 18.2 Å². The molecule has 5 nitrogen and oxygen atoms in total. The Bertz CT molecular complexity index is 909. The highest BCUT2D eigenvalue weighted by Gasteiger charge is 2.24. The molecule has 1 fully saturated rings. The molecule has 1 aromatic heterocycles. The number of benzene rings is 1. The maximum atomic E-state index is 12.9. The summed E-state index contributed by atoms with van der Waals surface area (Å²) in [6, 6.07) is 5.73. The van der Waals surface area contributed by atoms with E-state index in [4.69, 9.17) is 4.98 Å². The van der Waals surface area contributed by atoms with Crippen molar-refractivity contribution in [1.29, 1.82) is 0 Å². The Morgan fingerprint density at radius 3 is 2.52 bits per heavy atom. The summed E-state index contributed by atoms with van der Waals surface area (Å²) >= 11 is 0. The number of aliphatic carboxylic acids is 1. The summed E-state index contributed by atoms with van der Waals surface area (Å²) in [5, 5.41) is 9.50. The van der Waals surface area contributed by atoms with Gasteiger partial charge < -0.3 is 9.67 Å². The predicted octanol–water partition coefficient (Wildman–Crippen LogP) is 6.13. The summed E-state index contributed by atoms with van der Waals surface area (Å²) in [5.74, 6) is 1.02. The molecule has 0 aliphatic heterocycles. The van der Waals surface area contributed by atoms with Gasteiger partial charge in [-0.3, -0.25) is 9.59 Å². The number of aromatic nitrogens is 2. The normalized spacial score (nSPS) is 16.8. The van der Waals surface area contributed by atoms with Gasteiger partial charge in [0.05, 0.1) is 17.0 Å². The molecule has 3 rings (SSSR count). The lowest BCUT2D eigenvalue weighted by atomic mass is 9.90. The number of rotatable bonds is 11. The highest BCUT2D eigenvalue weighted by molar-refractivity contribution is 6.00. The molecule has 1 aliphatic rings. The van der Waals surface area contributed by atoms with Gasteiger partial charge in [0.25, 0.3) is 0 Å². The Kier molecular flexibility index (Phi) is 7.90. The second-order valence-electron chi connectivity index (χ2n) is 10.0. The first-order valence-electron chi connectivity index (χ1n) is 12.0. The zero-order chi connectivity index (χ0) is 22.5. The third-order valence-corrected chi connectivity index (χ3v) is 6.82.